The summed E-state index contributed by atoms with van der Waals surface area (Å²) in [4.78, 5) is 30.9. The van der Waals surface area contributed by atoms with Crippen molar-refractivity contribution < 1.29 is 14.3 Å². The van der Waals surface area contributed by atoms with Crippen molar-refractivity contribution in [1.82, 2.24) is 14.3 Å². The van der Waals surface area contributed by atoms with Crippen LogP contribution in [0.2, 0.25) is 0 Å². The smallest absolute Gasteiger partial charge is 0.293 e. The molecular formula is C23H23N3O3S. The van der Waals surface area contributed by atoms with E-state index in [-0.39, 0.29) is 11.1 Å². The molecule has 6 nitrogen and oxygen atoms in total. The third-order valence-corrected chi connectivity index (χ3v) is 5.85. The van der Waals surface area contributed by atoms with Crippen LogP contribution in [0.3, 0.4) is 0 Å². The van der Waals surface area contributed by atoms with E-state index in [9.17, 15) is 9.59 Å². The number of allylic oxidation sites excluding steroid dienone is 1. The van der Waals surface area contributed by atoms with Crippen molar-refractivity contribution in [2.24, 2.45) is 0 Å². The highest BCUT2D eigenvalue weighted by atomic mass is 32.2. The number of benzene rings is 1. The van der Waals surface area contributed by atoms with Gasteiger partial charge in [0, 0.05) is 25.1 Å². The van der Waals surface area contributed by atoms with Gasteiger partial charge in [-0.05, 0) is 55.1 Å². The maximum atomic E-state index is 12.5. The van der Waals surface area contributed by atoms with Crippen LogP contribution >= 0.6 is 11.8 Å². The van der Waals surface area contributed by atoms with Crippen molar-refractivity contribution in [3.05, 3.63) is 77.6 Å². The lowest BCUT2D eigenvalue weighted by atomic mass is 10.1. The van der Waals surface area contributed by atoms with E-state index < -0.39 is 0 Å². The fourth-order valence-electron chi connectivity index (χ4n) is 3.33. The number of unbranched alkanes of at least 4 members (excludes halogenated alkanes) is 1. The molecule has 0 atom stereocenters. The first-order valence-electron chi connectivity index (χ1n) is 10.0. The number of rotatable bonds is 9. The van der Waals surface area contributed by atoms with Gasteiger partial charge in [0.1, 0.15) is 0 Å². The second-order valence-electron chi connectivity index (χ2n) is 7.00. The average molecular weight is 422 g/mol. The molecule has 154 valence electrons. The number of hydrogen-bond acceptors (Lipinski definition) is 5. The number of nitrogens with zero attached hydrogens (tertiary/aromatic N) is 3. The molecule has 1 aromatic carbocycles. The maximum absolute atomic E-state index is 12.5. The lowest BCUT2D eigenvalue weighted by Crippen LogP contribution is -2.29. The van der Waals surface area contributed by atoms with Crippen molar-refractivity contribution in [3.8, 4) is 5.75 Å². The van der Waals surface area contributed by atoms with Crippen molar-refractivity contribution in [3.63, 3.8) is 0 Å². The summed E-state index contributed by atoms with van der Waals surface area (Å²) in [5.74, 6) is 0.552. The molecule has 1 aliphatic rings. The summed E-state index contributed by atoms with van der Waals surface area (Å²) < 4.78 is 7.73. The molecule has 0 bridgehead atoms. The van der Waals surface area contributed by atoms with Crippen LogP contribution in [0.4, 0.5) is 4.79 Å². The highest BCUT2D eigenvalue weighted by Crippen LogP contribution is 2.31. The number of amides is 2. The van der Waals surface area contributed by atoms with E-state index in [1.54, 1.807) is 6.20 Å². The third kappa shape index (κ3) is 4.74. The van der Waals surface area contributed by atoms with E-state index >= 15 is 0 Å². The van der Waals surface area contributed by atoms with Crippen LogP contribution in [0, 0.1) is 0 Å². The fraction of sp³-hybridized carbons (Fsp3) is 0.261. The molecule has 2 aromatic heterocycles. The van der Waals surface area contributed by atoms with Gasteiger partial charge in [0.2, 0.25) is 0 Å². The quantitative estimate of drug-likeness (QED) is 0.370. The Labute approximate surface area is 179 Å². The molecule has 0 aliphatic carbocycles. The standard InChI is InChI=1S/C23H23N3O3S/c27-22-20(12-6-10-18-8-2-1-3-9-18)30-23(28)26(22)15-4-5-17-29-19-11-7-14-25-16-13-24-21(19)25/h1-3,7-9,11-14,16H,4-6,10,15,17H2. The van der Waals surface area contributed by atoms with E-state index in [1.165, 1.54) is 10.5 Å². The Balaban J connectivity index is 1.22. The van der Waals surface area contributed by atoms with Crippen molar-refractivity contribution >= 4 is 28.6 Å². The van der Waals surface area contributed by atoms with Crippen LogP contribution in [0.5, 0.6) is 5.75 Å². The number of pyridine rings is 1. The van der Waals surface area contributed by atoms with Gasteiger partial charge in [0.15, 0.2) is 11.4 Å². The Morgan fingerprint density at radius 2 is 1.90 bits per heavy atom. The molecule has 0 radical (unpaired) electrons. The summed E-state index contributed by atoms with van der Waals surface area (Å²) in [6.45, 7) is 0.924. The Morgan fingerprint density at radius 1 is 1.03 bits per heavy atom. The van der Waals surface area contributed by atoms with Gasteiger partial charge in [-0.15, -0.1) is 0 Å². The van der Waals surface area contributed by atoms with Crippen molar-refractivity contribution in [2.45, 2.75) is 25.7 Å². The lowest BCUT2D eigenvalue weighted by Gasteiger charge is -2.12. The van der Waals surface area contributed by atoms with Crippen LogP contribution in [-0.2, 0) is 11.2 Å². The molecule has 0 saturated carbocycles. The van der Waals surface area contributed by atoms with Gasteiger partial charge in [0.25, 0.3) is 11.1 Å². The molecule has 0 N–H and O–H groups in total. The zero-order valence-corrected chi connectivity index (χ0v) is 17.4. The summed E-state index contributed by atoms with van der Waals surface area (Å²) in [6.07, 6.45) is 10.4. The highest BCUT2D eigenvalue weighted by molar-refractivity contribution is 8.18. The van der Waals surface area contributed by atoms with Crippen LogP contribution in [0.1, 0.15) is 24.8 Å². The number of carbonyl (C=O) groups is 2. The number of aromatic nitrogens is 2. The normalized spacial score (nSPS) is 15.5. The SMILES string of the molecule is O=C1SC(=CCCc2ccccc2)C(=O)N1CCCCOc1cccn2ccnc12. The topological polar surface area (TPSA) is 63.9 Å². The molecule has 2 amide bonds. The number of imidazole rings is 1. The molecule has 0 spiro atoms. The maximum Gasteiger partial charge on any atom is 0.293 e. The first-order valence-corrected chi connectivity index (χ1v) is 10.9. The molecule has 7 heteroatoms. The summed E-state index contributed by atoms with van der Waals surface area (Å²) in [5.41, 5.74) is 2.00. The predicted molar refractivity (Wildman–Crippen MR) is 117 cm³/mol. The van der Waals surface area contributed by atoms with E-state index in [0.717, 1.165) is 42.4 Å². The minimum absolute atomic E-state index is 0.180. The summed E-state index contributed by atoms with van der Waals surface area (Å²) in [5, 5.41) is -0.186. The first kappa shape index (κ1) is 20.2. The van der Waals surface area contributed by atoms with Gasteiger partial charge < -0.3 is 9.14 Å². The van der Waals surface area contributed by atoms with E-state index in [1.807, 2.05) is 53.2 Å². The van der Waals surface area contributed by atoms with E-state index in [0.29, 0.717) is 24.5 Å². The molecule has 0 unspecified atom stereocenters. The lowest BCUT2D eigenvalue weighted by molar-refractivity contribution is -0.122. The summed E-state index contributed by atoms with van der Waals surface area (Å²) in [7, 11) is 0. The number of fused-ring (bicyclic) bond motifs is 1. The zero-order valence-electron chi connectivity index (χ0n) is 16.6. The Hall–Kier alpha value is -3.06. The minimum Gasteiger partial charge on any atom is -0.490 e. The largest absolute Gasteiger partial charge is 0.490 e. The predicted octanol–water partition coefficient (Wildman–Crippen LogP) is 4.71. The van der Waals surface area contributed by atoms with Crippen LogP contribution in [0.25, 0.3) is 5.65 Å². The Bertz CT molecular complexity index is 1060. The van der Waals surface area contributed by atoms with Gasteiger partial charge in [-0.25, -0.2) is 4.98 Å². The van der Waals surface area contributed by atoms with Gasteiger partial charge >= 0.3 is 0 Å². The number of aryl methyl sites for hydroxylation is 1. The van der Waals surface area contributed by atoms with Gasteiger partial charge in [0.05, 0.1) is 11.5 Å². The summed E-state index contributed by atoms with van der Waals surface area (Å²) >= 11 is 1.04. The Kier molecular flexibility index (Phi) is 6.49. The Morgan fingerprint density at radius 3 is 2.77 bits per heavy atom. The van der Waals surface area contributed by atoms with E-state index in [2.05, 4.69) is 17.1 Å². The number of thioether (sulfide) groups is 1. The van der Waals surface area contributed by atoms with Crippen LogP contribution in [-0.4, -0.2) is 38.6 Å². The highest BCUT2D eigenvalue weighted by Gasteiger charge is 2.34. The first-order chi connectivity index (χ1) is 14.7. The molecule has 30 heavy (non-hydrogen) atoms. The third-order valence-electron chi connectivity index (χ3n) is 4.90. The van der Waals surface area contributed by atoms with Gasteiger partial charge in [-0.2, -0.15) is 0 Å². The number of ether oxygens (including phenoxy) is 1. The second-order valence-corrected chi connectivity index (χ2v) is 8.00. The van der Waals surface area contributed by atoms with Crippen LogP contribution < -0.4 is 4.74 Å². The van der Waals surface area contributed by atoms with E-state index in [4.69, 9.17) is 4.74 Å². The average Bonchev–Trinajstić information content (AvgIpc) is 3.34. The number of hydrogen-bond donors (Lipinski definition) is 0. The number of carbonyl (C=O) groups excluding carboxylic acids is 2. The molecule has 4 rings (SSSR count). The fourth-order valence-corrected chi connectivity index (χ4v) is 4.20. The minimum atomic E-state index is -0.186. The second kappa shape index (κ2) is 9.63. The molecule has 1 aliphatic heterocycles. The molecule has 1 fully saturated rings. The van der Waals surface area contributed by atoms with Crippen LogP contribution in [0.15, 0.2) is 72.0 Å². The molecular weight excluding hydrogens is 398 g/mol. The monoisotopic (exact) mass is 421 g/mol. The van der Waals surface area contributed by atoms with Gasteiger partial charge in [-0.1, -0.05) is 36.4 Å². The molecule has 1 saturated heterocycles. The van der Waals surface area contributed by atoms with Crippen molar-refractivity contribution in [1.29, 1.82) is 0 Å². The molecule has 3 heterocycles. The zero-order chi connectivity index (χ0) is 20.8. The van der Waals surface area contributed by atoms with Crippen molar-refractivity contribution in [2.75, 3.05) is 13.2 Å². The van der Waals surface area contributed by atoms with Gasteiger partial charge in [-0.3, -0.25) is 14.5 Å². The summed E-state index contributed by atoms with van der Waals surface area (Å²) in [6, 6.07) is 13.9. The molecule has 3 aromatic rings. The number of imide groups is 1.